The van der Waals surface area contributed by atoms with Gasteiger partial charge >= 0.3 is 0 Å². The number of fused-ring (bicyclic) bond motifs is 1. The summed E-state index contributed by atoms with van der Waals surface area (Å²) in [5.41, 5.74) is 1.89. The van der Waals surface area contributed by atoms with Crippen LogP contribution in [0.2, 0.25) is 0 Å². The van der Waals surface area contributed by atoms with Crippen LogP contribution in [0.4, 0.5) is 10.2 Å². The lowest BCUT2D eigenvalue weighted by Gasteiger charge is -2.08. The molecule has 0 fully saturated rings. The quantitative estimate of drug-likeness (QED) is 0.930. The number of nitrogens with zero attached hydrogens (tertiary/aromatic N) is 2. The van der Waals surface area contributed by atoms with Gasteiger partial charge in [-0.05, 0) is 30.2 Å². The highest BCUT2D eigenvalue weighted by molar-refractivity contribution is 5.49. The molecule has 2 heterocycles. The SMILES string of the molecule is N#Cc1cccc(OCc2ccc3c(n2)NCC3)c1F. The number of nitrogens with one attached hydrogen (secondary N) is 1. The summed E-state index contributed by atoms with van der Waals surface area (Å²) in [4.78, 5) is 4.42. The fraction of sp³-hybridized carbons (Fsp3) is 0.200. The predicted octanol–water partition coefficient (Wildman–Crippen LogP) is 2.64. The number of pyridine rings is 1. The molecular weight excluding hydrogens is 257 g/mol. The third kappa shape index (κ3) is 2.28. The van der Waals surface area contributed by atoms with Crippen LogP contribution in [0.5, 0.6) is 5.75 Å². The van der Waals surface area contributed by atoms with Crippen LogP contribution in [-0.2, 0) is 13.0 Å². The van der Waals surface area contributed by atoms with E-state index in [0.29, 0.717) is 0 Å². The minimum absolute atomic E-state index is 0.0221. The van der Waals surface area contributed by atoms with Crippen LogP contribution in [0.15, 0.2) is 30.3 Å². The molecule has 1 N–H and O–H groups in total. The van der Waals surface area contributed by atoms with Gasteiger partial charge in [-0.15, -0.1) is 0 Å². The highest BCUT2D eigenvalue weighted by atomic mass is 19.1. The van der Waals surface area contributed by atoms with E-state index in [1.165, 1.54) is 17.7 Å². The fourth-order valence-electron chi connectivity index (χ4n) is 2.14. The maximum absolute atomic E-state index is 13.8. The highest BCUT2D eigenvalue weighted by Gasteiger charge is 2.13. The smallest absolute Gasteiger partial charge is 0.182 e. The molecule has 0 spiro atoms. The van der Waals surface area contributed by atoms with Gasteiger partial charge in [0.25, 0.3) is 0 Å². The van der Waals surface area contributed by atoms with Crippen molar-refractivity contribution in [3.8, 4) is 11.8 Å². The first-order valence-corrected chi connectivity index (χ1v) is 6.32. The minimum Gasteiger partial charge on any atom is -0.484 e. The van der Waals surface area contributed by atoms with Crippen molar-refractivity contribution in [2.24, 2.45) is 0 Å². The number of ether oxygens (including phenoxy) is 1. The molecule has 0 amide bonds. The van der Waals surface area contributed by atoms with Gasteiger partial charge in [0.1, 0.15) is 18.5 Å². The van der Waals surface area contributed by atoms with Gasteiger partial charge in [0.15, 0.2) is 11.6 Å². The largest absolute Gasteiger partial charge is 0.484 e. The van der Waals surface area contributed by atoms with Gasteiger partial charge in [-0.1, -0.05) is 12.1 Å². The first-order valence-electron chi connectivity index (χ1n) is 6.32. The van der Waals surface area contributed by atoms with Crippen molar-refractivity contribution >= 4 is 5.82 Å². The van der Waals surface area contributed by atoms with Crippen LogP contribution in [0.1, 0.15) is 16.8 Å². The number of rotatable bonds is 3. The monoisotopic (exact) mass is 269 g/mol. The normalized spacial score (nSPS) is 12.4. The van der Waals surface area contributed by atoms with E-state index in [2.05, 4.69) is 10.3 Å². The van der Waals surface area contributed by atoms with E-state index in [0.717, 1.165) is 24.5 Å². The Morgan fingerprint density at radius 3 is 3.10 bits per heavy atom. The van der Waals surface area contributed by atoms with Crippen molar-refractivity contribution in [3.63, 3.8) is 0 Å². The van der Waals surface area contributed by atoms with Crippen LogP contribution in [-0.4, -0.2) is 11.5 Å². The molecule has 0 saturated carbocycles. The van der Waals surface area contributed by atoms with E-state index < -0.39 is 5.82 Å². The molecule has 0 aliphatic carbocycles. The first kappa shape index (κ1) is 12.4. The molecular formula is C15H12FN3O. The van der Waals surface area contributed by atoms with Crippen LogP contribution in [0.3, 0.4) is 0 Å². The zero-order valence-electron chi connectivity index (χ0n) is 10.7. The molecule has 0 unspecified atom stereocenters. The van der Waals surface area contributed by atoms with E-state index >= 15 is 0 Å². The lowest BCUT2D eigenvalue weighted by molar-refractivity contribution is 0.286. The Bertz CT molecular complexity index is 694. The molecule has 0 radical (unpaired) electrons. The average Bonchev–Trinajstić information content (AvgIpc) is 2.93. The van der Waals surface area contributed by atoms with E-state index in [9.17, 15) is 4.39 Å². The number of hydrogen-bond donors (Lipinski definition) is 1. The standard InChI is InChI=1S/C15H12FN3O/c16-14-11(8-17)2-1-3-13(14)20-9-12-5-4-10-6-7-18-15(10)19-12/h1-5H,6-7,9H2,(H,18,19). The van der Waals surface area contributed by atoms with Crippen molar-refractivity contribution in [2.75, 3.05) is 11.9 Å². The Morgan fingerprint density at radius 1 is 1.35 bits per heavy atom. The highest BCUT2D eigenvalue weighted by Crippen LogP contribution is 2.23. The number of anilines is 1. The molecule has 20 heavy (non-hydrogen) atoms. The predicted molar refractivity (Wildman–Crippen MR) is 71.9 cm³/mol. The second kappa shape index (κ2) is 5.17. The van der Waals surface area contributed by atoms with Gasteiger partial charge in [-0.3, -0.25) is 0 Å². The van der Waals surface area contributed by atoms with Gasteiger partial charge < -0.3 is 10.1 Å². The van der Waals surface area contributed by atoms with E-state index in [-0.39, 0.29) is 17.9 Å². The summed E-state index contributed by atoms with van der Waals surface area (Å²) < 4.78 is 19.2. The summed E-state index contributed by atoms with van der Waals surface area (Å²) in [6.45, 7) is 1.06. The number of benzene rings is 1. The molecule has 5 heteroatoms. The second-order valence-electron chi connectivity index (χ2n) is 4.51. The van der Waals surface area contributed by atoms with E-state index in [4.69, 9.17) is 10.00 Å². The van der Waals surface area contributed by atoms with E-state index in [1.807, 2.05) is 12.1 Å². The van der Waals surface area contributed by atoms with E-state index in [1.54, 1.807) is 12.1 Å². The van der Waals surface area contributed by atoms with Crippen LogP contribution in [0.25, 0.3) is 0 Å². The molecule has 1 aliphatic rings. The number of halogens is 1. The second-order valence-corrected chi connectivity index (χ2v) is 4.51. The summed E-state index contributed by atoms with van der Waals surface area (Å²) >= 11 is 0. The Labute approximate surface area is 115 Å². The lowest BCUT2D eigenvalue weighted by Crippen LogP contribution is -2.02. The molecule has 0 atom stereocenters. The Hall–Kier alpha value is -2.61. The fourth-order valence-corrected chi connectivity index (χ4v) is 2.14. The topological polar surface area (TPSA) is 57.9 Å². The molecule has 4 nitrogen and oxygen atoms in total. The van der Waals surface area contributed by atoms with Crippen LogP contribution in [0, 0.1) is 17.1 Å². The molecule has 2 aromatic rings. The zero-order chi connectivity index (χ0) is 13.9. The van der Waals surface area contributed by atoms with Gasteiger partial charge in [-0.2, -0.15) is 5.26 Å². The Balaban J connectivity index is 1.76. The molecule has 0 bridgehead atoms. The van der Waals surface area contributed by atoms with Gasteiger partial charge in [0.2, 0.25) is 0 Å². The van der Waals surface area contributed by atoms with Crippen molar-refractivity contribution in [1.29, 1.82) is 5.26 Å². The zero-order valence-corrected chi connectivity index (χ0v) is 10.7. The number of hydrogen-bond acceptors (Lipinski definition) is 4. The van der Waals surface area contributed by atoms with Crippen molar-refractivity contribution in [1.82, 2.24) is 4.98 Å². The summed E-state index contributed by atoms with van der Waals surface area (Å²) in [6.07, 6.45) is 0.975. The lowest BCUT2D eigenvalue weighted by atomic mass is 10.2. The van der Waals surface area contributed by atoms with Crippen LogP contribution < -0.4 is 10.1 Å². The van der Waals surface area contributed by atoms with Crippen molar-refractivity contribution in [2.45, 2.75) is 13.0 Å². The molecule has 1 aliphatic heterocycles. The minimum atomic E-state index is -0.630. The molecule has 1 aromatic carbocycles. The average molecular weight is 269 g/mol. The Morgan fingerprint density at radius 2 is 2.25 bits per heavy atom. The third-order valence-electron chi connectivity index (χ3n) is 3.18. The van der Waals surface area contributed by atoms with Crippen LogP contribution >= 0.6 is 0 Å². The Kier molecular flexibility index (Phi) is 3.21. The third-order valence-corrected chi connectivity index (χ3v) is 3.18. The number of nitriles is 1. The summed E-state index contributed by atoms with van der Waals surface area (Å²) in [5, 5.41) is 12.0. The maximum Gasteiger partial charge on any atom is 0.182 e. The summed E-state index contributed by atoms with van der Waals surface area (Å²) in [5.74, 6) is 0.311. The molecule has 0 saturated heterocycles. The molecule has 1 aromatic heterocycles. The van der Waals surface area contributed by atoms with Gasteiger partial charge in [0, 0.05) is 6.54 Å². The summed E-state index contributed by atoms with van der Waals surface area (Å²) in [6, 6.07) is 10.2. The van der Waals surface area contributed by atoms with Crippen molar-refractivity contribution in [3.05, 3.63) is 53.0 Å². The molecule has 3 rings (SSSR count). The maximum atomic E-state index is 13.8. The van der Waals surface area contributed by atoms with Crippen molar-refractivity contribution < 1.29 is 9.13 Å². The summed E-state index contributed by atoms with van der Waals surface area (Å²) in [7, 11) is 0. The molecule has 100 valence electrons. The van der Waals surface area contributed by atoms with Gasteiger partial charge in [-0.25, -0.2) is 9.37 Å². The number of aromatic nitrogens is 1. The first-order chi connectivity index (χ1) is 9.78. The van der Waals surface area contributed by atoms with Gasteiger partial charge in [0.05, 0.1) is 11.3 Å².